The van der Waals surface area contributed by atoms with Gasteiger partial charge in [0.25, 0.3) is 0 Å². The summed E-state index contributed by atoms with van der Waals surface area (Å²) < 4.78 is 0. The smallest absolute Gasteiger partial charge is 0.0639 e. The van der Waals surface area contributed by atoms with Crippen molar-refractivity contribution in [1.29, 1.82) is 0 Å². The van der Waals surface area contributed by atoms with E-state index in [1.807, 2.05) is 12.1 Å². The summed E-state index contributed by atoms with van der Waals surface area (Å²) in [6, 6.07) is 11.2. The van der Waals surface area contributed by atoms with Crippen LogP contribution in [0.15, 0.2) is 24.3 Å². The van der Waals surface area contributed by atoms with Crippen molar-refractivity contribution in [2.45, 2.75) is 49.9 Å². The lowest BCUT2D eigenvalue weighted by Crippen LogP contribution is -2.67. The maximum absolute atomic E-state index is 6.36. The summed E-state index contributed by atoms with van der Waals surface area (Å²) in [6.45, 7) is 0. The van der Waals surface area contributed by atoms with Gasteiger partial charge in [-0.05, 0) is 37.8 Å². The number of hydrogen-bond acceptors (Lipinski definition) is 2. The van der Waals surface area contributed by atoms with Gasteiger partial charge in [0, 0.05) is 24.2 Å². The quantitative estimate of drug-likeness (QED) is 0.822. The van der Waals surface area contributed by atoms with Gasteiger partial charge in [-0.15, -0.1) is 0 Å². The van der Waals surface area contributed by atoms with Crippen LogP contribution in [0.5, 0.6) is 0 Å². The third-order valence-corrected chi connectivity index (χ3v) is 4.93. The predicted molar refractivity (Wildman–Crippen MR) is 70.7 cm³/mol. The zero-order valence-corrected chi connectivity index (χ0v) is 10.5. The highest BCUT2D eigenvalue weighted by molar-refractivity contribution is 6.33. The van der Waals surface area contributed by atoms with Crippen LogP contribution in [-0.2, 0) is 0 Å². The molecule has 0 saturated carbocycles. The van der Waals surface area contributed by atoms with Crippen molar-refractivity contribution in [3.63, 3.8) is 0 Å². The summed E-state index contributed by atoms with van der Waals surface area (Å²) in [5, 5.41) is 4.65. The van der Waals surface area contributed by atoms with Crippen LogP contribution >= 0.6 is 11.6 Å². The van der Waals surface area contributed by atoms with Crippen molar-refractivity contribution in [3.05, 3.63) is 29.3 Å². The normalized spacial score (nSPS) is 38.8. The monoisotopic (exact) mass is 248 g/mol. The molecular formula is C14H17ClN2. The summed E-state index contributed by atoms with van der Waals surface area (Å²) >= 11 is 6.36. The van der Waals surface area contributed by atoms with Crippen LogP contribution in [-0.4, -0.2) is 24.2 Å². The molecule has 0 atom stereocenters. The minimum absolute atomic E-state index is 0.707. The van der Waals surface area contributed by atoms with Gasteiger partial charge in [-0.1, -0.05) is 23.7 Å². The van der Waals surface area contributed by atoms with Crippen molar-refractivity contribution in [1.82, 2.24) is 5.32 Å². The second kappa shape index (κ2) is 3.63. The average Bonchev–Trinajstić information content (AvgIpc) is 2.30. The topological polar surface area (TPSA) is 15.3 Å². The molecule has 5 rings (SSSR count). The van der Waals surface area contributed by atoms with Crippen molar-refractivity contribution >= 4 is 17.3 Å². The maximum Gasteiger partial charge on any atom is 0.0639 e. The van der Waals surface area contributed by atoms with Gasteiger partial charge in [-0.3, -0.25) is 0 Å². The van der Waals surface area contributed by atoms with Gasteiger partial charge in [-0.25, -0.2) is 0 Å². The number of nitrogens with one attached hydrogen (secondary N) is 1. The first kappa shape index (κ1) is 10.2. The van der Waals surface area contributed by atoms with E-state index in [1.165, 1.54) is 31.4 Å². The van der Waals surface area contributed by atoms with Crippen molar-refractivity contribution in [2.24, 2.45) is 0 Å². The lowest BCUT2D eigenvalue weighted by Gasteiger charge is -2.58. The summed E-state index contributed by atoms with van der Waals surface area (Å²) in [4.78, 5) is 2.61. The molecule has 1 aromatic rings. The van der Waals surface area contributed by atoms with E-state index in [4.69, 9.17) is 11.6 Å². The fourth-order valence-electron chi connectivity index (χ4n) is 4.11. The van der Waals surface area contributed by atoms with Crippen molar-refractivity contribution in [3.8, 4) is 0 Å². The summed E-state index contributed by atoms with van der Waals surface area (Å²) in [6.07, 6.45) is 5.16. The fourth-order valence-corrected chi connectivity index (χ4v) is 4.34. The Morgan fingerprint density at radius 2 is 1.59 bits per heavy atom. The molecule has 2 nitrogen and oxygen atoms in total. The van der Waals surface area contributed by atoms with Gasteiger partial charge in [-0.2, -0.15) is 0 Å². The van der Waals surface area contributed by atoms with Gasteiger partial charge in [0.1, 0.15) is 0 Å². The van der Waals surface area contributed by atoms with Gasteiger partial charge in [0.05, 0.1) is 10.7 Å². The summed E-state index contributed by atoms with van der Waals surface area (Å²) in [5.41, 5.74) is 1.25. The second-order valence-corrected chi connectivity index (χ2v) is 6.08. The lowest BCUT2D eigenvalue weighted by molar-refractivity contribution is 0.135. The Labute approximate surface area is 107 Å². The van der Waals surface area contributed by atoms with Crippen LogP contribution in [0.1, 0.15) is 25.7 Å². The highest BCUT2D eigenvalue weighted by Gasteiger charge is 2.46. The lowest BCUT2D eigenvalue weighted by atomic mass is 9.74. The Morgan fingerprint density at radius 3 is 2.18 bits per heavy atom. The van der Waals surface area contributed by atoms with Gasteiger partial charge in [0.15, 0.2) is 0 Å². The van der Waals surface area contributed by atoms with E-state index >= 15 is 0 Å². The molecule has 90 valence electrons. The predicted octanol–water partition coefficient (Wildman–Crippen LogP) is 2.81. The summed E-state index contributed by atoms with van der Waals surface area (Å²) in [7, 11) is 0. The van der Waals surface area contributed by atoms with E-state index in [2.05, 4.69) is 22.3 Å². The first-order valence-electron chi connectivity index (χ1n) is 6.60. The highest BCUT2D eigenvalue weighted by atomic mass is 35.5. The molecule has 1 aromatic carbocycles. The molecule has 4 aliphatic heterocycles. The molecule has 0 spiro atoms. The zero-order chi connectivity index (χ0) is 11.4. The first-order valence-corrected chi connectivity index (χ1v) is 6.98. The molecule has 4 saturated heterocycles. The number of anilines is 1. The molecule has 4 aliphatic rings. The average molecular weight is 249 g/mol. The van der Waals surface area contributed by atoms with E-state index in [-0.39, 0.29) is 0 Å². The van der Waals surface area contributed by atoms with E-state index in [0.29, 0.717) is 12.1 Å². The summed E-state index contributed by atoms with van der Waals surface area (Å²) in [5.74, 6) is 0. The molecule has 4 fully saturated rings. The number of para-hydroxylation sites is 1. The SMILES string of the molecule is Clc1ccccc1N1C2CC3CC1CC(C2)N3. The van der Waals surface area contributed by atoms with E-state index in [1.54, 1.807) is 0 Å². The number of hydrogen-bond donors (Lipinski definition) is 1. The number of piperidine rings is 4. The number of nitrogens with zero attached hydrogens (tertiary/aromatic N) is 1. The highest BCUT2D eigenvalue weighted by Crippen LogP contribution is 2.43. The molecule has 17 heavy (non-hydrogen) atoms. The van der Waals surface area contributed by atoms with E-state index in [9.17, 15) is 0 Å². The molecule has 4 heterocycles. The molecule has 0 unspecified atom stereocenters. The van der Waals surface area contributed by atoms with Gasteiger partial charge in [0.2, 0.25) is 0 Å². The van der Waals surface area contributed by atoms with Crippen LogP contribution < -0.4 is 10.2 Å². The molecule has 3 heteroatoms. The molecule has 0 aromatic heterocycles. The number of rotatable bonds is 1. The van der Waals surface area contributed by atoms with Gasteiger partial charge >= 0.3 is 0 Å². The van der Waals surface area contributed by atoms with Crippen LogP contribution in [0, 0.1) is 0 Å². The third-order valence-electron chi connectivity index (χ3n) is 4.62. The Morgan fingerprint density at radius 1 is 1.00 bits per heavy atom. The molecule has 0 radical (unpaired) electrons. The van der Waals surface area contributed by atoms with Crippen LogP contribution in [0.3, 0.4) is 0 Å². The Hall–Kier alpha value is -0.730. The molecule has 4 bridgehead atoms. The Kier molecular flexibility index (Phi) is 2.18. The number of halogens is 1. The molecule has 0 aliphatic carbocycles. The maximum atomic E-state index is 6.36. The minimum atomic E-state index is 0.707. The standard InChI is InChI=1S/C14H17ClN2/c15-13-3-1-2-4-14(13)17-11-5-9-6-12(17)8-10(7-11)16-9/h1-4,9-12,16H,5-8H2. The van der Waals surface area contributed by atoms with Crippen molar-refractivity contribution < 1.29 is 0 Å². The fraction of sp³-hybridized carbons (Fsp3) is 0.571. The molecule has 1 N–H and O–H groups in total. The van der Waals surface area contributed by atoms with E-state index in [0.717, 1.165) is 17.1 Å². The largest absolute Gasteiger partial charge is 0.364 e. The molecular weight excluding hydrogens is 232 g/mol. The van der Waals surface area contributed by atoms with E-state index < -0.39 is 0 Å². The minimum Gasteiger partial charge on any atom is -0.364 e. The zero-order valence-electron chi connectivity index (χ0n) is 9.77. The Bertz CT molecular complexity index is 418. The Balaban J connectivity index is 1.73. The van der Waals surface area contributed by atoms with Crippen molar-refractivity contribution in [2.75, 3.05) is 4.90 Å². The van der Waals surface area contributed by atoms with Crippen LogP contribution in [0.25, 0.3) is 0 Å². The molecule has 0 amide bonds. The third kappa shape index (κ3) is 1.50. The second-order valence-electron chi connectivity index (χ2n) is 5.67. The first-order chi connectivity index (χ1) is 8.31. The van der Waals surface area contributed by atoms with Gasteiger partial charge < -0.3 is 10.2 Å². The van der Waals surface area contributed by atoms with Crippen LogP contribution in [0.2, 0.25) is 5.02 Å². The van der Waals surface area contributed by atoms with Crippen LogP contribution in [0.4, 0.5) is 5.69 Å². The number of benzene rings is 1.